The van der Waals surface area contributed by atoms with Gasteiger partial charge in [0.1, 0.15) is 0 Å². The number of terminal acetylenes is 1. The predicted molar refractivity (Wildman–Crippen MR) is 59.4 cm³/mol. The Bertz CT molecular complexity index is 389. The van der Waals surface area contributed by atoms with Gasteiger partial charge in [-0.25, -0.2) is 4.39 Å². The van der Waals surface area contributed by atoms with Crippen LogP contribution in [0.4, 0.5) is 10.1 Å². The van der Waals surface area contributed by atoms with Crippen LogP contribution in [0.3, 0.4) is 0 Å². The van der Waals surface area contributed by atoms with Gasteiger partial charge in [-0.2, -0.15) is 0 Å². The molecule has 0 atom stereocenters. The molecule has 1 N–H and O–H groups in total. The van der Waals surface area contributed by atoms with E-state index in [-0.39, 0.29) is 5.82 Å². The monoisotopic (exact) mass is 204 g/mol. The molecular weight excluding hydrogens is 191 g/mol. The normalized spacial score (nSPS) is 16.1. The molecule has 1 fully saturated rings. The molecule has 1 aromatic rings. The van der Waals surface area contributed by atoms with E-state index in [1.54, 1.807) is 18.2 Å². The lowest BCUT2D eigenvalue weighted by molar-refractivity contribution is 0.565. The lowest BCUT2D eigenvalue weighted by Gasteiger charge is -2.29. The molecule has 0 aromatic heterocycles. The number of nitrogens with zero attached hydrogens (tertiary/aromatic N) is 1. The molecule has 0 spiro atoms. The fraction of sp³-hybridized carbons (Fsp3) is 0.333. The molecule has 2 nitrogen and oxygen atoms in total. The van der Waals surface area contributed by atoms with Gasteiger partial charge < -0.3 is 10.2 Å². The zero-order chi connectivity index (χ0) is 10.7. The van der Waals surface area contributed by atoms with E-state index < -0.39 is 0 Å². The Morgan fingerprint density at radius 2 is 2.07 bits per heavy atom. The van der Waals surface area contributed by atoms with Gasteiger partial charge in [-0.1, -0.05) is 12.0 Å². The maximum Gasteiger partial charge on any atom is 0.162 e. The van der Waals surface area contributed by atoms with E-state index in [1.807, 2.05) is 4.90 Å². The van der Waals surface area contributed by atoms with Gasteiger partial charge >= 0.3 is 0 Å². The molecule has 1 aliphatic rings. The summed E-state index contributed by atoms with van der Waals surface area (Å²) in [7, 11) is 0. The summed E-state index contributed by atoms with van der Waals surface area (Å²) in [6.45, 7) is 3.43. The molecule has 0 amide bonds. The fourth-order valence-corrected chi connectivity index (χ4v) is 1.78. The van der Waals surface area contributed by atoms with Crippen LogP contribution in [-0.4, -0.2) is 26.2 Å². The fourth-order valence-electron chi connectivity index (χ4n) is 1.78. The van der Waals surface area contributed by atoms with Crippen molar-refractivity contribution in [3.05, 3.63) is 29.6 Å². The first-order valence-electron chi connectivity index (χ1n) is 5.03. The Hall–Kier alpha value is -1.53. The highest BCUT2D eigenvalue weighted by atomic mass is 19.1. The van der Waals surface area contributed by atoms with Gasteiger partial charge in [0.15, 0.2) is 5.82 Å². The highest BCUT2D eigenvalue weighted by Crippen LogP contribution is 2.21. The summed E-state index contributed by atoms with van der Waals surface area (Å²) >= 11 is 0. The van der Waals surface area contributed by atoms with Crippen molar-refractivity contribution in [2.75, 3.05) is 31.1 Å². The molecule has 0 radical (unpaired) electrons. The van der Waals surface area contributed by atoms with Crippen molar-refractivity contribution in [3.8, 4) is 12.3 Å². The standard InChI is InChI=1S/C12H13FN2/c1-2-10-4-3-5-11(12(10)13)15-8-6-14-7-9-15/h1,3-5,14H,6-9H2. The largest absolute Gasteiger partial charge is 0.367 e. The predicted octanol–water partition coefficient (Wildman–Crippen LogP) is 1.22. The van der Waals surface area contributed by atoms with E-state index in [1.165, 1.54) is 0 Å². The molecule has 0 aliphatic carbocycles. The van der Waals surface area contributed by atoms with Crippen LogP contribution in [0.2, 0.25) is 0 Å². The van der Waals surface area contributed by atoms with Crippen LogP contribution in [-0.2, 0) is 0 Å². The average molecular weight is 204 g/mol. The van der Waals surface area contributed by atoms with Gasteiger partial charge in [-0.3, -0.25) is 0 Å². The molecule has 15 heavy (non-hydrogen) atoms. The maximum absolute atomic E-state index is 13.9. The summed E-state index contributed by atoms with van der Waals surface area (Å²) < 4.78 is 13.9. The van der Waals surface area contributed by atoms with Crippen molar-refractivity contribution in [1.82, 2.24) is 5.32 Å². The van der Waals surface area contributed by atoms with Crippen molar-refractivity contribution < 1.29 is 4.39 Å². The van der Waals surface area contributed by atoms with Crippen LogP contribution in [0.1, 0.15) is 5.56 Å². The third-order valence-corrected chi connectivity index (χ3v) is 2.59. The van der Waals surface area contributed by atoms with E-state index in [0.717, 1.165) is 26.2 Å². The number of nitrogens with one attached hydrogen (secondary N) is 1. The highest BCUT2D eigenvalue weighted by Gasteiger charge is 2.15. The average Bonchev–Trinajstić information content (AvgIpc) is 2.30. The second-order valence-corrected chi connectivity index (χ2v) is 3.52. The lowest BCUT2D eigenvalue weighted by Crippen LogP contribution is -2.43. The van der Waals surface area contributed by atoms with Gasteiger partial charge in [-0.15, -0.1) is 6.42 Å². The number of hydrogen-bond donors (Lipinski definition) is 1. The Morgan fingerprint density at radius 3 is 2.73 bits per heavy atom. The number of hydrogen-bond acceptors (Lipinski definition) is 2. The van der Waals surface area contributed by atoms with Crippen LogP contribution in [0.5, 0.6) is 0 Å². The number of rotatable bonds is 1. The van der Waals surface area contributed by atoms with Crippen LogP contribution in [0, 0.1) is 18.2 Å². The molecule has 1 saturated heterocycles. The lowest BCUT2D eigenvalue weighted by atomic mass is 10.1. The molecule has 0 bridgehead atoms. The third kappa shape index (κ3) is 1.95. The second kappa shape index (κ2) is 4.33. The van der Waals surface area contributed by atoms with Crippen LogP contribution in [0.25, 0.3) is 0 Å². The molecule has 1 aliphatic heterocycles. The molecule has 0 saturated carbocycles. The van der Waals surface area contributed by atoms with Crippen molar-refractivity contribution >= 4 is 5.69 Å². The molecular formula is C12H13FN2. The molecule has 1 aromatic carbocycles. The van der Waals surface area contributed by atoms with Gasteiger partial charge in [-0.05, 0) is 12.1 Å². The summed E-state index contributed by atoms with van der Waals surface area (Å²) in [5, 5.41) is 3.23. The Kier molecular flexibility index (Phi) is 2.89. The maximum atomic E-state index is 13.9. The van der Waals surface area contributed by atoms with E-state index in [2.05, 4.69) is 11.2 Å². The Morgan fingerprint density at radius 1 is 1.33 bits per heavy atom. The van der Waals surface area contributed by atoms with Crippen LogP contribution < -0.4 is 10.2 Å². The first-order valence-corrected chi connectivity index (χ1v) is 5.03. The summed E-state index contributed by atoms with van der Waals surface area (Å²) in [4.78, 5) is 2.02. The molecule has 1 heterocycles. The number of piperazine rings is 1. The zero-order valence-electron chi connectivity index (χ0n) is 8.46. The van der Waals surface area contributed by atoms with Crippen molar-refractivity contribution in [3.63, 3.8) is 0 Å². The molecule has 78 valence electrons. The van der Waals surface area contributed by atoms with Gasteiger partial charge in [0, 0.05) is 26.2 Å². The van der Waals surface area contributed by atoms with Crippen molar-refractivity contribution in [2.24, 2.45) is 0 Å². The van der Waals surface area contributed by atoms with Gasteiger partial charge in [0.05, 0.1) is 11.3 Å². The smallest absolute Gasteiger partial charge is 0.162 e. The van der Waals surface area contributed by atoms with Crippen molar-refractivity contribution in [1.29, 1.82) is 0 Å². The second-order valence-electron chi connectivity index (χ2n) is 3.52. The first-order chi connectivity index (χ1) is 7.33. The molecule has 0 unspecified atom stereocenters. The minimum Gasteiger partial charge on any atom is -0.367 e. The topological polar surface area (TPSA) is 15.3 Å². The van der Waals surface area contributed by atoms with E-state index >= 15 is 0 Å². The van der Waals surface area contributed by atoms with Gasteiger partial charge in [0.2, 0.25) is 0 Å². The quantitative estimate of drug-likeness (QED) is 0.692. The molecule has 2 rings (SSSR count). The minimum absolute atomic E-state index is 0.276. The highest BCUT2D eigenvalue weighted by molar-refractivity contribution is 5.54. The summed E-state index contributed by atoms with van der Waals surface area (Å²) in [5.74, 6) is 2.08. The Balaban J connectivity index is 2.31. The molecule has 3 heteroatoms. The van der Waals surface area contributed by atoms with Gasteiger partial charge in [0.25, 0.3) is 0 Å². The van der Waals surface area contributed by atoms with E-state index in [0.29, 0.717) is 11.3 Å². The summed E-state index contributed by atoms with van der Waals surface area (Å²) in [5.41, 5.74) is 0.956. The van der Waals surface area contributed by atoms with Crippen molar-refractivity contribution in [2.45, 2.75) is 0 Å². The van der Waals surface area contributed by atoms with Crippen LogP contribution >= 0.6 is 0 Å². The zero-order valence-corrected chi connectivity index (χ0v) is 8.46. The first kappa shape index (κ1) is 10.0. The summed E-state index contributed by atoms with van der Waals surface area (Å²) in [6, 6.07) is 5.21. The third-order valence-electron chi connectivity index (χ3n) is 2.59. The Labute approximate surface area is 89.1 Å². The number of benzene rings is 1. The SMILES string of the molecule is C#Cc1cccc(N2CCNCC2)c1F. The number of anilines is 1. The summed E-state index contributed by atoms with van der Waals surface area (Å²) in [6.07, 6.45) is 5.23. The van der Waals surface area contributed by atoms with E-state index in [9.17, 15) is 4.39 Å². The van der Waals surface area contributed by atoms with Crippen LogP contribution in [0.15, 0.2) is 18.2 Å². The minimum atomic E-state index is -0.276. The van der Waals surface area contributed by atoms with E-state index in [4.69, 9.17) is 6.42 Å². The number of halogens is 1.